The Labute approximate surface area is 187 Å². The molecule has 1 aromatic heterocycles. The van der Waals surface area contributed by atoms with E-state index in [-0.39, 0.29) is 18.1 Å². The number of nitrogens with zero attached hydrogens (tertiary/aromatic N) is 2. The Morgan fingerprint density at radius 3 is 2.33 bits per heavy atom. The molecular weight excluding hydrogens is 396 g/mol. The number of allylic oxidation sites excluding steroid dienone is 1. The van der Waals surface area contributed by atoms with Crippen LogP contribution in [0.15, 0.2) is 29.7 Å². The highest BCUT2D eigenvalue weighted by Crippen LogP contribution is 2.27. The number of aryl methyl sites for hydroxylation is 1. The minimum Gasteiger partial charge on any atom is -0.481 e. The van der Waals surface area contributed by atoms with Gasteiger partial charge < -0.3 is 14.8 Å². The third-order valence-corrected chi connectivity index (χ3v) is 6.64. The molecule has 0 aliphatic rings. The number of thioether (sulfide) groups is 1. The van der Waals surface area contributed by atoms with Crippen LogP contribution in [0.25, 0.3) is 0 Å². The molecule has 0 amide bonds. The summed E-state index contributed by atoms with van der Waals surface area (Å²) in [6.45, 7) is 5.14. The van der Waals surface area contributed by atoms with Crippen LogP contribution in [0, 0.1) is 0 Å². The molecular formula is C24H42N2O3S. The maximum Gasteiger partial charge on any atom is 0.303 e. The van der Waals surface area contributed by atoms with Crippen molar-refractivity contribution in [1.29, 1.82) is 0 Å². The molecule has 0 aliphatic carbocycles. The molecule has 1 heterocycles. The maximum atomic E-state index is 10.9. The molecule has 0 saturated heterocycles. The summed E-state index contributed by atoms with van der Waals surface area (Å²) in [6.07, 6.45) is 21.7. The molecule has 30 heavy (non-hydrogen) atoms. The van der Waals surface area contributed by atoms with Gasteiger partial charge in [-0.3, -0.25) is 4.79 Å². The third-order valence-electron chi connectivity index (χ3n) is 5.34. The monoisotopic (exact) mass is 438 g/mol. The van der Waals surface area contributed by atoms with Crippen molar-refractivity contribution in [3.8, 4) is 0 Å². The summed E-state index contributed by atoms with van der Waals surface area (Å²) in [5.41, 5.74) is 0. The molecule has 2 atom stereocenters. The number of hydrogen-bond donors (Lipinski definition) is 2. The molecule has 2 unspecified atom stereocenters. The smallest absolute Gasteiger partial charge is 0.303 e. The van der Waals surface area contributed by atoms with E-state index in [2.05, 4.69) is 24.9 Å². The molecule has 0 bridgehead atoms. The van der Waals surface area contributed by atoms with E-state index in [1.165, 1.54) is 76.0 Å². The van der Waals surface area contributed by atoms with E-state index >= 15 is 0 Å². The number of hydrogen-bond acceptors (Lipinski definition) is 4. The van der Waals surface area contributed by atoms with Gasteiger partial charge in [-0.25, -0.2) is 4.98 Å². The Morgan fingerprint density at radius 2 is 1.73 bits per heavy atom. The van der Waals surface area contributed by atoms with Crippen molar-refractivity contribution >= 4 is 17.7 Å². The third kappa shape index (κ3) is 12.4. The Hall–Kier alpha value is -1.27. The van der Waals surface area contributed by atoms with Crippen LogP contribution in [0.2, 0.25) is 0 Å². The second-order valence-corrected chi connectivity index (χ2v) is 9.12. The van der Waals surface area contributed by atoms with Crippen molar-refractivity contribution in [2.45, 2.75) is 120 Å². The molecule has 0 spiro atoms. The Morgan fingerprint density at radius 1 is 1.10 bits per heavy atom. The summed E-state index contributed by atoms with van der Waals surface area (Å²) in [6, 6.07) is 0. The average Bonchev–Trinajstić information content (AvgIpc) is 3.19. The number of aliphatic carboxylic acids is 1. The quantitative estimate of drug-likeness (QED) is 0.147. The van der Waals surface area contributed by atoms with Gasteiger partial charge in [-0.15, -0.1) is 0 Å². The van der Waals surface area contributed by atoms with Crippen molar-refractivity contribution in [3.05, 3.63) is 24.5 Å². The summed E-state index contributed by atoms with van der Waals surface area (Å²) in [5, 5.41) is 20.1. The van der Waals surface area contributed by atoms with E-state index in [1.54, 1.807) is 6.20 Å². The van der Waals surface area contributed by atoms with Gasteiger partial charge in [0.2, 0.25) is 0 Å². The molecule has 0 fully saturated rings. The lowest BCUT2D eigenvalue weighted by Gasteiger charge is -2.19. The zero-order valence-electron chi connectivity index (χ0n) is 19.0. The lowest BCUT2D eigenvalue weighted by Crippen LogP contribution is -2.22. The van der Waals surface area contributed by atoms with Crippen molar-refractivity contribution < 1.29 is 15.0 Å². The molecule has 6 heteroatoms. The number of aliphatic hydroxyl groups is 1. The van der Waals surface area contributed by atoms with E-state index in [9.17, 15) is 9.90 Å². The maximum absolute atomic E-state index is 10.9. The second kappa shape index (κ2) is 17.4. The van der Waals surface area contributed by atoms with Crippen LogP contribution < -0.4 is 0 Å². The highest BCUT2D eigenvalue weighted by molar-refractivity contribution is 8.00. The summed E-state index contributed by atoms with van der Waals surface area (Å²) in [7, 11) is 0. The van der Waals surface area contributed by atoms with Crippen LogP contribution in [0.5, 0.6) is 0 Å². The van der Waals surface area contributed by atoms with Crippen molar-refractivity contribution in [2.24, 2.45) is 0 Å². The molecule has 172 valence electrons. The molecule has 0 saturated carbocycles. The van der Waals surface area contributed by atoms with Gasteiger partial charge in [0, 0.05) is 25.4 Å². The van der Waals surface area contributed by atoms with Gasteiger partial charge in [-0.1, -0.05) is 88.6 Å². The first kappa shape index (κ1) is 26.8. The highest BCUT2D eigenvalue weighted by Gasteiger charge is 2.20. The number of aromatic nitrogens is 2. The SMILES string of the molecule is CCCCCCCCCCCCC=CC(Sc1nccn1CC)C(O)CCC(=O)O. The number of carbonyl (C=O) groups is 1. The first-order chi connectivity index (χ1) is 14.6. The number of carboxylic acids is 1. The second-order valence-electron chi connectivity index (χ2n) is 7.98. The first-order valence-electron chi connectivity index (χ1n) is 11.8. The lowest BCUT2D eigenvalue weighted by atomic mass is 10.1. The fourth-order valence-corrected chi connectivity index (χ4v) is 4.61. The van der Waals surface area contributed by atoms with Crippen LogP contribution in [0.1, 0.15) is 97.3 Å². The van der Waals surface area contributed by atoms with Crippen LogP contribution >= 0.6 is 11.8 Å². The van der Waals surface area contributed by atoms with Crippen molar-refractivity contribution in [3.63, 3.8) is 0 Å². The molecule has 2 N–H and O–H groups in total. The van der Waals surface area contributed by atoms with Crippen molar-refractivity contribution in [1.82, 2.24) is 9.55 Å². The minimum absolute atomic E-state index is 0.0211. The minimum atomic E-state index is -0.873. The molecule has 0 aromatic carbocycles. The fourth-order valence-electron chi connectivity index (χ4n) is 3.44. The molecule has 1 rings (SSSR count). The average molecular weight is 439 g/mol. The van der Waals surface area contributed by atoms with Crippen LogP contribution in [0.3, 0.4) is 0 Å². The van der Waals surface area contributed by atoms with Gasteiger partial charge in [-0.05, 0) is 26.2 Å². The normalized spacial score (nSPS) is 13.7. The van der Waals surface area contributed by atoms with Crippen molar-refractivity contribution in [2.75, 3.05) is 0 Å². The van der Waals surface area contributed by atoms with Gasteiger partial charge in [0.05, 0.1) is 11.4 Å². The number of imidazole rings is 1. The van der Waals surface area contributed by atoms with Gasteiger partial charge >= 0.3 is 5.97 Å². The number of unbranched alkanes of at least 4 members (excludes halogenated alkanes) is 10. The van der Waals surface area contributed by atoms with E-state index in [0.717, 1.165) is 18.1 Å². The largest absolute Gasteiger partial charge is 0.481 e. The molecule has 0 aliphatic heterocycles. The van der Waals surface area contributed by atoms with E-state index in [1.807, 2.05) is 16.8 Å². The topological polar surface area (TPSA) is 75.3 Å². The summed E-state index contributed by atoms with van der Waals surface area (Å²) in [4.78, 5) is 15.2. The summed E-state index contributed by atoms with van der Waals surface area (Å²) in [5.74, 6) is -0.873. The molecule has 0 radical (unpaired) electrons. The van der Waals surface area contributed by atoms with Gasteiger partial charge in [-0.2, -0.15) is 0 Å². The standard InChI is InChI=1S/C24H42N2O3S/c1-3-5-6-7-8-9-10-11-12-13-14-15-16-22(21(27)17-18-23(28)29)30-24-25-19-20-26(24)4-2/h15-16,19-22,27H,3-14,17-18H2,1-2H3,(H,28,29). The summed E-state index contributed by atoms with van der Waals surface area (Å²) >= 11 is 1.51. The first-order valence-corrected chi connectivity index (χ1v) is 12.7. The number of aliphatic hydroxyl groups excluding tert-OH is 1. The Balaban J connectivity index is 2.34. The Bertz CT molecular complexity index is 589. The van der Waals surface area contributed by atoms with E-state index in [4.69, 9.17) is 5.11 Å². The number of rotatable bonds is 19. The van der Waals surface area contributed by atoms with Gasteiger partial charge in [0.1, 0.15) is 0 Å². The fraction of sp³-hybridized carbons (Fsp3) is 0.750. The lowest BCUT2D eigenvalue weighted by molar-refractivity contribution is -0.137. The highest BCUT2D eigenvalue weighted by atomic mass is 32.2. The Kier molecular flexibility index (Phi) is 15.5. The van der Waals surface area contributed by atoms with Gasteiger partial charge in [0.25, 0.3) is 0 Å². The van der Waals surface area contributed by atoms with Crippen LogP contribution in [-0.4, -0.2) is 37.1 Å². The zero-order valence-corrected chi connectivity index (χ0v) is 19.8. The van der Waals surface area contributed by atoms with E-state index in [0.29, 0.717) is 0 Å². The predicted octanol–water partition coefficient (Wildman–Crippen LogP) is 6.46. The molecule has 1 aromatic rings. The molecule has 5 nitrogen and oxygen atoms in total. The number of carboxylic acid groups (broad SMARTS) is 1. The van der Waals surface area contributed by atoms with Gasteiger partial charge in [0.15, 0.2) is 5.16 Å². The van der Waals surface area contributed by atoms with Crippen LogP contribution in [0.4, 0.5) is 0 Å². The predicted molar refractivity (Wildman–Crippen MR) is 126 cm³/mol. The van der Waals surface area contributed by atoms with E-state index < -0.39 is 12.1 Å². The zero-order chi connectivity index (χ0) is 22.0. The van der Waals surface area contributed by atoms with Crippen LogP contribution in [-0.2, 0) is 11.3 Å². The summed E-state index contributed by atoms with van der Waals surface area (Å²) < 4.78 is 2.04.